The van der Waals surface area contributed by atoms with Crippen LogP contribution in [-0.2, 0) is 16.1 Å². The van der Waals surface area contributed by atoms with E-state index in [1.165, 1.54) is 0 Å². The van der Waals surface area contributed by atoms with Gasteiger partial charge >= 0.3 is 12.0 Å². The van der Waals surface area contributed by atoms with Crippen LogP contribution in [0.4, 0.5) is 4.79 Å². The largest absolute Gasteiger partial charge is 0.463 e. The molecule has 0 radical (unpaired) electrons. The summed E-state index contributed by atoms with van der Waals surface area (Å²) in [7, 11) is 1.90. The highest BCUT2D eigenvalue weighted by Crippen LogP contribution is 2.17. The van der Waals surface area contributed by atoms with E-state index in [1.807, 2.05) is 36.2 Å². The third-order valence-electron chi connectivity index (χ3n) is 3.40. The summed E-state index contributed by atoms with van der Waals surface area (Å²) in [6.45, 7) is 3.21. The molecule has 0 saturated carbocycles. The summed E-state index contributed by atoms with van der Waals surface area (Å²) < 4.78 is 5.04. The molecule has 0 aliphatic carbocycles. The predicted molar refractivity (Wildman–Crippen MR) is 88.0 cm³/mol. The van der Waals surface area contributed by atoms with E-state index in [4.69, 9.17) is 16.3 Å². The fourth-order valence-corrected chi connectivity index (χ4v) is 2.52. The highest BCUT2D eigenvalue weighted by atomic mass is 35.5. The summed E-state index contributed by atoms with van der Waals surface area (Å²) in [6.07, 6.45) is 0. The zero-order valence-electron chi connectivity index (χ0n) is 13.2. The van der Waals surface area contributed by atoms with Crippen molar-refractivity contribution in [3.63, 3.8) is 0 Å². The first-order chi connectivity index (χ1) is 11.0. The minimum atomic E-state index is -0.416. The summed E-state index contributed by atoms with van der Waals surface area (Å²) in [5.74, 6) is -0.416. The third-order valence-corrected chi connectivity index (χ3v) is 3.77. The first kappa shape index (κ1) is 17.3. The molecule has 2 rings (SSSR count). The molecule has 0 unspecified atom stereocenters. The minimum absolute atomic E-state index is 0.167. The van der Waals surface area contributed by atoms with Crippen molar-refractivity contribution in [2.45, 2.75) is 13.5 Å². The standard InChI is InChI=1S/C16H20ClN3O3/c1-3-23-15(21)12-8-18-16(22)19-14(12)10-20(2)9-11-6-4-5-7-13(11)17/h4-7H,3,8-10H2,1-2H3,(H2,18,19,22). The molecule has 1 aromatic rings. The van der Waals surface area contributed by atoms with Crippen LogP contribution in [0.2, 0.25) is 5.02 Å². The Kier molecular flexibility index (Phi) is 6.01. The number of carbonyl (C=O) groups excluding carboxylic acids is 2. The number of nitrogens with one attached hydrogen (secondary N) is 2. The van der Waals surface area contributed by atoms with Gasteiger partial charge in [-0.15, -0.1) is 0 Å². The second-order valence-corrected chi connectivity index (χ2v) is 5.66. The smallest absolute Gasteiger partial charge is 0.337 e. The lowest BCUT2D eigenvalue weighted by atomic mass is 10.1. The molecule has 0 atom stereocenters. The molecule has 0 saturated heterocycles. The van der Waals surface area contributed by atoms with Crippen LogP contribution < -0.4 is 10.6 Å². The molecule has 0 fully saturated rings. The van der Waals surface area contributed by atoms with E-state index in [2.05, 4.69) is 10.6 Å². The Balaban J connectivity index is 2.11. The van der Waals surface area contributed by atoms with Gasteiger partial charge in [0.05, 0.1) is 18.7 Å². The molecule has 7 heteroatoms. The average molecular weight is 338 g/mol. The topological polar surface area (TPSA) is 70.7 Å². The third kappa shape index (κ3) is 4.71. The predicted octanol–water partition coefficient (Wildman–Crippen LogP) is 1.90. The molecular weight excluding hydrogens is 318 g/mol. The van der Waals surface area contributed by atoms with Crippen LogP contribution in [-0.4, -0.2) is 43.6 Å². The summed E-state index contributed by atoms with van der Waals surface area (Å²) in [6, 6.07) is 7.25. The number of hydrogen-bond donors (Lipinski definition) is 2. The van der Waals surface area contributed by atoms with Crippen molar-refractivity contribution in [1.82, 2.24) is 15.5 Å². The number of rotatable bonds is 6. The number of nitrogens with zero attached hydrogens (tertiary/aromatic N) is 1. The van der Waals surface area contributed by atoms with Crippen molar-refractivity contribution in [3.8, 4) is 0 Å². The number of amides is 2. The normalized spacial score (nSPS) is 14.5. The fourth-order valence-electron chi connectivity index (χ4n) is 2.32. The fraction of sp³-hybridized carbons (Fsp3) is 0.375. The Labute approximate surface area is 140 Å². The van der Waals surface area contributed by atoms with Crippen LogP contribution in [0.25, 0.3) is 0 Å². The SMILES string of the molecule is CCOC(=O)C1=C(CN(C)Cc2ccccc2Cl)NC(=O)NC1. The van der Waals surface area contributed by atoms with Gasteiger partial charge in [0.25, 0.3) is 0 Å². The van der Waals surface area contributed by atoms with Gasteiger partial charge in [-0.05, 0) is 25.6 Å². The first-order valence-electron chi connectivity index (χ1n) is 7.37. The summed E-state index contributed by atoms with van der Waals surface area (Å²) >= 11 is 6.16. The first-order valence-corrected chi connectivity index (χ1v) is 7.75. The zero-order chi connectivity index (χ0) is 16.8. The van der Waals surface area contributed by atoms with E-state index in [1.54, 1.807) is 6.92 Å². The monoisotopic (exact) mass is 337 g/mol. The Morgan fingerprint density at radius 2 is 2.09 bits per heavy atom. The molecule has 2 N–H and O–H groups in total. The van der Waals surface area contributed by atoms with Crippen LogP contribution in [0.15, 0.2) is 35.5 Å². The molecule has 0 spiro atoms. The lowest BCUT2D eigenvalue weighted by Crippen LogP contribution is -2.46. The molecular formula is C16H20ClN3O3. The van der Waals surface area contributed by atoms with Gasteiger partial charge in [0, 0.05) is 23.8 Å². The molecule has 1 heterocycles. The van der Waals surface area contributed by atoms with Crippen LogP contribution in [0, 0.1) is 0 Å². The molecule has 1 aliphatic rings. The highest BCUT2D eigenvalue weighted by Gasteiger charge is 2.24. The van der Waals surface area contributed by atoms with Gasteiger partial charge in [-0.3, -0.25) is 4.90 Å². The van der Waals surface area contributed by atoms with Crippen molar-refractivity contribution >= 4 is 23.6 Å². The minimum Gasteiger partial charge on any atom is -0.463 e. The second-order valence-electron chi connectivity index (χ2n) is 5.25. The summed E-state index contributed by atoms with van der Waals surface area (Å²) in [5.41, 5.74) is 1.98. The maximum atomic E-state index is 12.0. The van der Waals surface area contributed by atoms with E-state index in [0.29, 0.717) is 36.0 Å². The van der Waals surface area contributed by atoms with E-state index < -0.39 is 5.97 Å². The van der Waals surface area contributed by atoms with Crippen molar-refractivity contribution in [1.29, 1.82) is 0 Å². The van der Waals surface area contributed by atoms with Crippen molar-refractivity contribution in [2.75, 3.05) is 26.7 Å². The molecule has 0 aromatic heterocycles. The van der Waals surface area contributed by atoms with E-state index >= 15 is 0 Å². The zero-order valence-corrected chi connectivity index (χ0v) is 13.9. The maximum absolute atomic E-state index is 12.0. The second kappa shape index (κ2) is 7.99. The van der Waals surface area contributed by atoms with Crippen LogP contribution >= 0.6 is 11.6 Å². The Morgan fingerprint density at radius 1 is 1.35 bits per heavy atom. The molecule has 1 aliphatic heterocycles. The Hall–Kier alpha value is -2.05. The molecule has 6 nitrogen and oxygen atoms in total. The quantitative estimate of drug-likeness (QED) is 0.778. The number of benzene rings is 1. The van der Waals surface area contributed by atoms with E-state index in [9.17, 15) is 9.59 Å². The Morgan fingerprint density at radius 3 is 2.78 bits per heavy atom. The van der Waals surface area contributed by atoms with Crippen molar-refractivity contribution in [2.24, 2.45) is 0 Å². The van der Waals surface area contributed by atoms with E-state index in [-0.39, 0.29) is 12.6 Å². The van der Waals surface area contributed by atoms with Gasteiger partial charge in [-0.2, -0.15) is 0 Å². The van der Waals surface area contributed by atoms with Gasteiger partial charge in [0.2, 0.25) is 0 Å². The van der Waals surface area contributed by atoms with Gasteiger partial charge in [0.1, 0.15) is 0 Å². The maximum Gasteiger partial charge on any atom is 0.337 e. The van der Waals surface area contributed by atoms with Gasteiger partial charge in [0.15, 0.2) is 0 Å². The molecule has 23 heavy (non-hydrogen) atoms. The highest BCUT2D eigenvalue weighted by molar-refractivity contribution is 6.31. The summed E-state index contributed by atoms with van der Waals surface area (Å²) in [5, 5.41) is 5.96. The van der Waals surface area contributed by atoms with Gasteiger partial charge in [-0.1, -0.05) is 29.8 Å². The molecule has 2 amide bonds. The number of likely N-dealkylation sites (N-methyl/N-ethyl adjacent to an activating group) is 1. The van der Waals surface area contributed by atoms with Crippen LogP contribution in [0.1, 0.15) is 12.5 Å². The van der Waals surface area contributed by atoms with Gasteiger partial charge < -0.3 is 15.4 Å². The van der Waals surface area contributed by atoms with Crippen molar-refractivity contribution < 1.29 is 14.3 Å². The van der Waals surface area contributed by atoms with E-state index in [0.717, 1.165) is 5.56 Å². The number of carbonyl (C=O) groups is 2. The molecule has 124 valence electrons. The average Bonchev–Trinajstić information content (AvgIpc) is 2.50. The van der Waals surface area contributed by atoms with Crippen LogP contribution in [0.5, 0.6) is 0 Å². The summed E-state index contributed by atoms with van der Waals surface area (Å²) in [4.78, 5) is 25.5. The lowest BCUT2D eigenvalue weighted by Gasteiger charge is -2.25. The number of halogens is 1. The molecule has 1 aromatic carbocycles. The van der Waals surface area contributed by atoms with Gasteiger partial charge in [-0.25, -0.2) is 9.59 Å². The number of hydrogen-bond acceptors (Lipinski definition) is 4. The lowest BCUT2D eigenvalue weighted by molar-refractivity contribution is -0.138. The number of ether oxygens (including phenoxy) is 1. The van der Waals surface area contributed by atoms with Crippen LogP contribution in [0.3, 0.4) is 0 Å². The number of urea groups is 1. The number of esters is 1. The molecule has 0 bridgehead atoms. The Bertz CT molecular complexity index is 631. The van der Waals surface area contributed by atoms with Crippen molar-refractivity contribution in [3.05, 3.63) is 46.1 Å².